The molecule has 0 radical (unpaired) electrons. The average Bonchev–Trinajstić information content (AvgIpc) is 2.79. The Bertz CT molecular complexity index is 328. The summed E-state index contributed by atoms with van der Waals surface area (Å²) in [7, 11) is 4.10. The van der Waals surface area contributed by atoms with Crippen LogP contribution in [0.2, 0.25) is 0 Å². The highest BCUT2D eigenvalue weighted by molar-refractivity contribution is 8.00. The van der Waals surface area contributed by atoms with Crippen LogP contribution in [0.5, 0.6) is 0 Å². The SMILES string of the molecule is CNC(c1nccn1C)C1(C)CCCS1. The van der Waals surface area contributed by atoms with Crippen LogP contribution in [0, 0.1) is 0 Å². The minimum atomic E-state index is 0.299. The summed E-state index contributed by atoms with van der Waals surface area (Å²) in [5.74, 6) is 2.42. The molecule has 2 atom stereocenters. The van der Waals surface area contributed by atoms with Crippen molar-refractivity contribution in [3.8, 4) is 0 Å². The molecule has 1 aromatic heterocycles. The van der Waals surface area contributed by atoms with Gasteiger partial charge < -0.3 is 9.88 Å². The first-order chi connectivity index (χ1) is 7.17. The molecule has 3 nitrogen and oxygen atoms in total. The Kier molecular flexibility index (Phi) is 3.07. The van der Waals surface area contributed by atoms with Crippen LogP contribution in [-0.2, 0) is 7.05 Å². The van der Waals surface area contributed by atoms with Crippen molar-refractivity contribution in [1.82, 2.24) is 14.9 Å². The molecule has 1 fully saturated rings. The molecule has 4 heteroatoms. The Balaban J connectivity index is 2.27. The van der Waals surface area contributed by atoms with Crippen molar-refractivity contribution in [3.05, 3.63) is 18.2 Å². The van der Waals surface area contributed by atoms with Gasteiger partial charge >= 0.3 is 0 Å². The quantitative estimate of drug-likeness (QED) is 0.853. The zero-order chi connectivity index (χ0) is 10.9. The van der Waals surface area contributed by atoms with Crippen LogP contribution in [0.4, 0.5) is 0 Å². The van der Waals surface area contributed by atoms with Gasteiger partial charge in [-0.2, -0.15) is 11.8 Å². The second-order valence-corrected chi connectivity index (χ2v) is 6.01. The molecule has 1 aromatic rings. The van der Waals surface area contributed by atoms with E-state index in [2.05, 4.69) is 40.6 Å². The first-order valence-electron chi connectivity index (χ1n) is 5.46. The highest BCUT2D eigenvalue weighted by Crippen LogP contribution is 2.45. The van der Waals surface area contributed by atoms with Crippen molar-refractivity contribution >= 4 is 11.8 Å². The standard InChI is InChI=1S/C11H19N3S/c1-11(5-4-8-15-11)9(12-2)10-13-6-7-14(10)3/h6-7,9,12H,4-5,8H2,1-3H3. The molecule has 2 rings (SSSR count). The lowest BCUT2D eigenvalue weighted by molar-refractivity contribution is 0.414. The summed E-state index contributed by atoms with van der Waals surface area (Å²) in [4.78, 5) is 4.46. The van der Waals surface area contributed by atoms with E-state index in [9.17, 15) is 0 Å². The summed E-state index contributed by atoms with van der Waals surface area (Å²) in [5, 5.41) is 3.42. The van der Waals surface area contributed by atoms with Crippen molar-refractivity contribution in [2.24, 2.45) is 7.05 Å². The third kappa shape index (κ3) is 1.93. The molecule has 0 aromatic carbocycles. The molecule has 2 heterocycles. The van der Waals surface area contributed by atoms with E-state index in [4.69, 9.17) is 0 Å². The van der Waals surface area contributed by atoms with E-state index >= 15 is 0 Å². The van der Waals surface area contributed by atoms with E-state index < -0.39 is 0 Å². The van der Waals surface area contributed by atoms with Gasteiger partial charge in [0.25, 0.3) is 0 Å². The second kappa shape index (κ2) is 4.18. The molecule has 84 valence electrons. The van der Waals surface area contributed by atoms with Crippen molar-refractivity contribution < 1.29 is 0 Å². The lowest BCUT2D eigenvalue weighted by atomic mass is 9.95. The van der Waals surface area contributed by atoms with Crippen molar-refractivity contribution in [1.29, 1.82) is 0 Å². The van der Waals surface area contributed by atoms with Crippen LogP contribution >= 0.6 is 11.8 Å². The first kappa shape index (κ1) is 11.0. The van der Waals surface area contributed by atoms with E-state index in [0.29, 0.717) is 10.8 Å². The molecule has 2 unspecified atom stereocenters. The van der Waals surface area contributed by atoms with E-state index in [1.54, 1.807) is 0 Å². The normalized spacial score (nSPS) is 28.2. The minimum absolute atomic E-state index is 0.299. The number of thioether (sulfide) groups is 1. The molecular formula is C11H19N3S. The number of hydrogen-bond donors (Lipinski definition) is 1. The lowest BCUT2D eigenvalue weighted by Crippen LogP contribution is -2.37. The van der Waals surface area contributed by atoms with E-state index in [1.807, 2.05) is 19.4 Å². The van der Waals surface area contributed by atoms with Crippen molar-refractivity contribution in [2.45, 2.75) is 30.6 Å². The fraction of sp³-hybridized carbons (Fsp3) is 0.727. The van der Waals surface area contributed by atoms with Gasteiger partial charge in [0.1, 0.15) is 5.82 Å². The van der Waals surface area contributed by atoms with Crippen LogP contribution < -0.4 is 5.32 Å². The maximum atomic E-state index is 4.46. The molecule has 0 saturated carbocycles. The van der Waals surface area contributed by atoms with Crippen molar-refractivity contribution in [2.75, 3.05) is 12.8 Å². The molecular weight excluding hydrogens is 206 g/mol. The summed E-state index contributed by atoms with van der Waals surface area (Å²) in [6.45, 7) is 2.35. The van der Waals surface area contributed by atoms with Gasteiger partial charge in [-0.25, -0.2) is 4.98 Å². The number of aryl methyl sites for hydroxylation is 1. The second-order valence-electron chi connectivity index (χ2n) is 4.38. The van der Waals surface area contributed by atoms with Crippen LogP contribution in [-0.4, -0.2) is 27.1 Å². The molecule has 0 spiro atoms. The number of nitrogens with one attached hydrogen (secondary N) is 1. The van der Waals surface area contributed by atoms with E-state index in [0.717, 1.165) is 5.82 Å². The maximum Gasteiger partial charge on any atom is 0.126 e. The molecule has 0 amide bonds. The highest BCUT2D eigenvalue weighted by Gasteiger charge is 2.39. The zero-order valence-corrected chi connectivity index (χ0v) is 10.5. The summed E-state index contributed by atoms with van der Waals surface area (Å²) in [5.41, 5.74) is 0. The monoisotopic (exact) mass is 225 g/mol. The van der Waals surface area contributed by atoms with Gasteiger partial charge in [-0.3, -0.25) is 0 Å². The third-order valence-corrected chi connectivity index (χ3v) is 4.86. The Morgan fingerprint density at radius 3 is 2.93 bits per heavy atom. The molecule has 0 aliphatic carbocycles. The number of nitrogens with zero attached hydrogens (tertiary/aromatic N) is 2. The number of aromatic nitrogens is 2. The summed E-state index contributed by atoms with van der Waals surface area (Å²) < 4.78 is 2.42. The Hall–Kier alpha value is -0.480. The molecule has 0 bridgehead atoms. The number of hydrogen-bond acceptors (Lipinski definition) is 3. The van der Waals surface area contributed by atoms with Gasteiger partial charge in [0.2, 0.25) is 0 Å². The van der Waals surface area contributed by atoms with Crippen LogP contribution in [0.1, 0.15) is 31.6 Å². The predicted octanol–water partition coefficient (Wildman–Crippen LogP) is 1.97. The van der Waals surface area contributed by atoms with Gasteiger partial charge in [-0.05, 0) is 32.6 Å². The fourth-order valence-electron chi connectivity index (χ4n) is 2.39. The maximum absolute atomic E-state index is 4.46. The third-order valence-electron chi connectivity index (χ3n) is 3.27. The van der Waals surface area contributed by atoms with Crippen LogP contribution in [0.25, 0.3) is 0 Å². The Morgan fingerprint density at radius 1 is 1.67 bits per heavy atom. The van der Waals surface area contributed by atoms with Gasteiger partial charge in [0, 0.05) is 24.2 Å². The first-order valence-corrected chi connectivity index (χ1v) is 6.44. The van der Waals surface area contributed by atoms with E-state index in [1.165, 1.54) is 18.6 Å². The van der Waals surface area contributed by atoms with Gasteiger partial charge in [-0.15, -0.1) is 0 Å². The highest BCUT2D eigenvalue weighted by atomic mass is 32.2. The molecule has 1 saturated heterocycles. The zero-order valence-electron chi connectivity index (χ0n) is 9.66. The summed E-state index contributed by atoms with van der Waals surface area (Å²) in [6, 6.07) is 0.352. The Labute approximate surface area is 95.7 Å². The topological polar surface area (TPSA) is 29.9 Å². The molecule has 1 aliphatic heterocycles. The number of rotatable bonds is 3. The fourth-order valence-corrected chi connectivity index (χ4v) is 3.82. The van der Waals surface area contributed by atoms with Gasteiger partial charge in [0.15, 0.2) is 0 Å². The Morgan fingerprint density at radius 2 is 2.47 bits per heavy atom. The summed E-state index contributed by atoms with van der Waals surface area (Å²) >= 11 is 2.07. The van der Waals surface area contributed by atoms with Crippen molar-refractivity contribution in [3.63, 3.8) is 0 Å². The molecule has 1 aliphatic rings. The van der Waals surface area contributed by atoms with Gasteiger partial charge in [0.05, 0.1) is 6.04 Å². The molecule has 15 heavy (non-hydrogen) atoms. The van der Waals surface area contributed by atoms with Crippen LogP contribution in [0.15, 0.2) is 12.4 Å². The number of imidazole rings is 1. The molecule has 1 N–H and O–H groups in total. The lowest BCUT2D eigenvalue weighted by Gasteiger charge is -2.32. The average molecular weight is 225 g/mol. The smallest absolute Gasteiger partial charge is 0.126 e. The summed E-state index contributed by atoms with van der Waals surface area (Å²) in [6.07, 6.45) is 6.49. The van der Waals surface area contributed by atoms with Gasteiger partial charge in [-0.1, -0.05) is 0 Å². The predicted molar refractivity (Wildman–Crippen MR) is 65.1 cm³/mol. The van der Waals surface area contributed by atoms with Crippen LogP contribution in [0.3, 0.4) is 0 Å². The minimum Gasteiger partial charge on any atom is -0.337 e. The largest absolute Gasteiger partial charge is 0.337 e. The van der Waals surface area contributed by atoms with E-state index in [-0.39, 0.29) is 0 Å².